The van der Waals surface area contributed by atoms with Crippen LogP contribution in [-0.4, -0.2) is 31.8 Å². The van der Waals surface area contributed by atoms with E-state index in [9.17, 15) is 9.59 Å². The number of methoxy groups -OCH3 is 1. The second-order valence-electron chi connectivity index (χ2n) is 2.49. The lowest BCUT2D eigenvalue weighted by Crippen LogP contribution is -2.04. The fourth-order valence-electron chi connectivity index (χ4n) is 0.489. The zero-order valence-electron chi connectivity index (χ0n) is 9.32. The predicted molar refractivity (Wildman–Crippen MR) is 62.7 cm³/mol. The van der Waals surface area contributed by atoms with Crippen LogP contribution in [0.2, 0.25) is 0 Å². The van der Waals surface area contributed by atoms with Gasteiger partial charge < -0.3 is 9.47 Å². The summed E-state index contributed by atoms with van der Waals surface area (Å²) in [4.78, 5) is 20.4. The van der Waals surface area contributed by atoms with Crippen molar-refractivity contribution in [2.75, 3.05) is 19.9 Å². The zero-order valence-corrected chi connectivity index (χ0v) is 10.5. The molecule has 0 heterocycles. The lowest BCUT2D eigenvalue weighted by Gasteiger charge is -1.99. The third-order valence-corrected chi connectivity index (χ3v) is 1.47. The summed E-state index contributed by atoms with van der Waals surface area (Å²) >= 11 is 0. The first kappa shape index (κ1) is 16.5. The Morgan fingerprint density at radius 1 is 1.47 bits per heavy atom. The molecule has 0 bridgehead atoms. The highest BCUT2D eigenvalue weighted by Gasteiger charge is 1.96. The van der Waals surface area contributed by atoms with E-state index < -0.39 is 5.97 Å². The third-order valence-electron chi connectivity index (χ3n) is 1.18. The number of esters is 2. The number of rotatable bonds is 5. The third kappa shape index (κ3) is 15.8. The summed E-state index contributed by atoms with van der Waals surface area (Å²) < 4.78 is 8.92. The van der Waals surface area contributed by atoms with Crippen LogP contribution < -0.4 is 0 Å². The topological polar surface area (TPSA) is 52.6 Å². The van der Waals surface area contributed by atoms with Crippen LogP contribution >= 0.6 is 9.24 Å². The van der Waals surface area contributed by atoms with Crippen molar-refractivity contribution in [3.8, 4) is 0 Å². The van der Waals surface area contributed by atoms with Gasteiger partial charge in [0.15, 0.2) is 0 Å². The summed E-state index contributed by atoms with van der Waals surface area (Å²) in [5, 5.41) is 0. The van der Waals surface area contributed by atoms with Gasteiger partial charge in [-0.1, -0.05) is 13.5 Å². The fourth-order valence-corrected chi connectivity index (χ4v) is 0.725. The molecule has 0 aromatic rings. The lowest BCUT2D eigenvalue weighted by atomic mass is 10.5. The average molecular weight is 234 g/mol. The normalized spacial score (nSPS) is 8.20. The maximum Gasteiger partial charge on any atom is 0.329 e. The van der Waals surface area contributed by atoms with E-state index >= 15 is 0 Å². The van der Waals surface area contributed by atoms with Crippen LogP contribution in [0.1, 0.15) is 19.8 Å². The SMILES string of the molecule is C=CC(=O)OC.CCCOC(=O)CCP. The average Bonchev–Trinajstić information content (AvgIpc) is 2.26. The quantitative estimate of drug-likeness (QED) is 0.411. The minimum absolute atomic E-state index is 0.0909. The van der Waals surface area contributed by atoms with Gasteiger partial charge in [0.25, 0.3) is 0 Å². The van der Waals surface area contributed by atoms with Crippen molar-refractivity contribution in [3.63, 3.8) is 0 Å². The maximum absolute atomic E-state index is 10.6. The molecule has 4 nitrogen and oxygen atoms in total. The Balaban J connectivity index is 0. The Morgan fingerprint density at radius 3 is 2.33 bits per heavy atom. The molecule has 0 aliphatic rings. The number of hydrogen-bond acceptors (Lipinski definition) is 4. The zero-order chi connectivity index (χ0) is 12.1. The Morgan fingerprint density at radius 2 is 2.07 bits per heavy atom. The summed E-state index contributed by atoms with van der Waals surface area (Å²) in [6.45, 7) is 5.70. The number of carbonyl (C=O) groups excluding carboxylic acids is 2. The molecule has 0 aliphatic carbocycles. The van der Waals surface area contributed by atoms with Crippen molar-refractivity contribution in [2.24, 2.45) is 0 Å². The molecule has 15 heavy (non-hydrogen) atoms. The van der Waals surface area contributed by atoms with Gasteiger partial charge in [-0.2, -0.15) is 0 Å². The van der Waals surface area contributed by atoms with E-state index in [-0.39, 0.29) is 5.97 Å². The molecule has 88 valence electrons. The first-order valence-electron chi connectivity index (χ1n) is 4.68. The Bertz CT molecular complexity index is 192. The Kier molecular flexibility index (Phi) is 14.5. The van der Waals surface area contributed by atoms with E-state index in [0.717, 1.165) is 18.7 Å². The van der Waals surface area contributed by atoms with Crippen LogP contribution in [-0.2, 0) is 19.1 Å². The van der Waals surface area contributed by atoms with E-state index in [2.05, 4.69) is 20.6 Å². The molecule has 0 aromatic carbocycles. The Labute approximate surface area is 93.2 Å². The first-order chi connectivity index (χ1) is 7.12. The van der Waals surface area contributed by atoms with Crippen molar-refractivity contribution >= 4 is 21.2 Å². The van der Waals surface area contributed by atoms with Crippen LogP contribution in [0, 0.1) is 0 Å². The van der Waals surface area contributed by atoms with Crippen LogP contribution in [0.4, 0.5) is 0 Å². The summed E-state index contributed by atoms with van der Waals surface area (Å²) in [6.07, 6.45) is 3.33. The molecule has 0 saturated heterocycles. The molecule has 0 N–H and O–H groups in total. The minimum atomic E-state index is -0.394. The minimum Gasteiger partial charge on any atom is -0.466 e. The Hall–Kier alpha value is -0.890. The second-order valence-corrected chi connectivity index (χ2v) is 3.06. The largest absolute Gasteiger partial charge is 0.466 e. The van der Waals surface area contributed by atoms with E-state index in [1.54, 1.807) is 0 Å². The molecule has 0 aromatic heterocycles. The highest BCUT2D eigenvalue weighted by molar-refractivity contribution is 7.16. The number of ether oxygens (including phenoxy) is 2. The highest BCUT2D eigenvalue weighted by atomic mass is 31.0. The number of hydrogen-bond donors (Lipinski definition) is 0. The van der Waals surface area contributed by atoms with E-state index in [4.69, 9.17) is 4.74 Å². The van der Waals surface area contributed by atoms with Gasteiger partial charge in [0.05, 0.1) is 13.7 Å². The van der Waals surface area contributed by atoms with Gasteiger partial charge in [-0.15, -0.1) is 9.24 Å². The predicted octanol–water partition coefficient (Wildman–Crippen LogP) is 1.55. The molecule has 0 aliphatic heterocycles. The van der Waals surface area contributed by atoms with Gasteiger partial charge >= 0.3 is 11.9 Å². The molecule has 0 fully saturated rings. The lowest BCUT2D eigenvalue weighted by molar-refractivity contribution is -0.143. The second kappa shape index (κ2) is 13.1. The van der Waals surface area contributed by atoms with Crippen molar-refractivity contribution < 1.29 is 19.1 Å². The van der Waals surface area contributed by atoms with Gasteiger partial charge in [0.1, 0.15) is 0 Å². The van der Waals surface area contributed by atoms with Gasteiger partial charge in [-0.3, -0.25) is 4.79 Å². The summed E-state index contributed by atoms with van der Waals surface area (Å²) in [5.74, 6) is -0.484. The fraction of sp³-hybridized carbons (Fsp3) is 0.600. The van der Waals surface area contributed by atoms with Crippen LogP contribution in [0.15, 0.2) is 12.7 Å². The molecule has 5 heteroatoms. The van der Waals surface area contributed by atoms with E-state index in [1.165, 1.54) is 7.11 Å². The van der Waals surface area contributed by atoms with E-state index in [0.29, 0.717) is 13.0 Å². The molecule has 0 spiro atoms. The van der Waals surface area contributed by atoms with Crippen molar-refractivity contribution in [3.05, 3.63) is 12.7 Å². The smallest absolute Gasteiger partial charge is 0.329 e. The molecular weight excluding hydrogens is 215 g/mol. The van der Waals surface area contributed by atoms with Gasteiger partial charge in [0.2, 0.25) is 0 Å². The molecule has 1 unspecified atom stereocenters. The van der Waals surface area contributed by atoms with Crippen molar-refractivity contribution in [1.29, 1.82) is 0 Å². The summed E-state index contributed by atoms with van der Waals surface area (Å²) in [5.41, 5.74) is 0. The van der Waals surface area contributed by atoms with Gasteiger partial charge in [-0.25, -0.2) is 4.79 Å². The summed E-state index contributed by atoms with van der Waals surface area (Å²) in [7, 11) is 3.80. The highest BCUT2D eigenvalue weighted by Crippen LogP contribution is 1.91. The van der Waals surface area contributed by atoms with Gasteiger partial charge in [-0.05, 0) is 12.6 Å². The molecule has 0 saturated carbocycles. The molecule has 0 radical (unpaired) electrons. The maximum atomic E-state index is 10.6. The molecular formula is C10H19O4P. The molecule has 0 amide bonds. The van der Waals surface area contributed by atoms with Crippen LogP contribution in [0.3, 0.4) is 0 Å². The van der Waals surface area contributed by atoms with Crippen LogP contribution in [0.5, 0.6) is 0 Å². The number of carbonyl (C=O) groups is 2. The molecule has 0 rings (SSSR count). The van der Waals surface area contributed by atoms with E-state index in [1.807, 2.05) is 6.92 Å². The van der Waals surface area contributed by atoms with Gasteiger partial charge in [0, 0.05) is 12.5 Å². The van der Waals surface area contributed by atoms with Crippen molar-refractivity contribution in [2.45, 2.75) is 19.8 Å². The standard InChI is InChI=1S/C6H13O2P.C4H6O2/c1-2-4-8-6(7)3-5-9;1-3-4(5)6-2/h2-5,9H2,1H3;3H,1H2,2H3. The summed E-state index contributed by atoms with van der Waals surface area (Å²) in [6, 6.07) is 0. The monoisotopic (exact) mass is 234 g/mol. The van der Waals surface area contributed by atoms with Crippen molar-refractivity contribution in [1.82, 2.24) is 0 Å². The molecule has 1 atom stereocenters. The van der Waals surface area contributed by atoms with Crippen LogP contribution in [0.25, 0.3) is 0 Å². The first-order valence-corrected chi connectivity index (χ1v) is 5.50.